The third-order valence-electron chi connectivity index (χ3n) is 3.73. The van der Waals surface area contributed by atoms with Gasteiger partial charge in [0.05, 0.1) is 12.2 Å². The van der Waals surface area contributed by atoms with Crippen LogP contribution in [-0.4, -0.2) is 47.2 Å². The van der Waals surface area contributed by atoms with Crippen molar-refractivity contribution in [1.29, 1.82) is 0 Å². The van der Waals surface area contributed by atoms with E-state index in [1.165, 1.54) is 0 Å². The molecule has 0 aromatic carbocycles. The van der Waals surface area contributed by atoms with Crippen molar-refractivity contribution in [1.82, 2.24) is 4.90 Å². The minimum Gasteiger partial charge on any atom is -0.480 e. The molecule has 2 rings (SSSR count). The van der Waals surface area contributed by atoms with E-state index in [-0.39, 0.29) is 18.1 Å². The van der Waals surface area contributed by atoms with Crippen molar-refractivity contribution in [2.45, 2.75) is 45.3 Å². The molecule has 5 nitrogen and oxygen atoms in total. The van der Waals surface area contributed by atoms with Crippen LogP contribution in [0.1, 0.15) is 33.1 Å². The molecule has 1 saturated carbocycles. The quantitative estimate of drug-likeness (QED) is 0.729. The highest BCUT2D eigenvalue weighted by molar-refractivity contribution is 6.02. The third-order valence-corrected chi connectivity index (χ3v) is 3.73. The number of amides is 1. The van der Waals surface area contributed by atoms with Crippen molar-refractivity contribution in [3.63, 3.8) is 0 Å². The predicted octanol–water partition coefficient (Wildman–Crippen LogP) is 0.877. The molecule has 2 fully saturated rings. The fraction of sp³-hybridized carbons (Fsp3) is 0.833. The first-order valence-corrected chi connectivity index (χ1v) is 6.14. The smallest absolute Gasteiger partial charge is 0.319 e. The number of carbonyl (C=O) groups excluding carboxylic acids is 1. The molecule has 1 saturated heterocycles. The molecule has 1 N–H and O–H groups in total. The van der Waals surface area contributed by atoms with E-state index < -0.39 is 11.4 Å². The summed E-state index contributed by atoms with van der Waals surface area (Å²) in [5.74, 6) is -1.20. The second kappa shape index (κ2) is 4.29. The highest BCUT2D eigenvalue weighted by atomic mass is 16.5. The summed E-state index contributed by atoms with van der Waals surface area (Å²) in [7, 11) is 0. The summed E-state index contributed by atoms with van der Waals surface area (Å²) in [5, 5.41) is 9.24. The minimum absolute atomic E-state index is 0.0198. The summed E-state index contributed by atoms with van der Waals surface area (Å²) in [6, 6.07) is 0. The first kappa shape index (κ1) is 12.4. The number of nitrogens with zero attached hydrogens (tertiary/aromatic N) is 1. The van der Waals surface area contributed by atoms with E-state index >= 15 is 0 Å². The molecule has 2 aliphatic rings. The van der Waals surface area contributed by atoms with E-state index in [4.69, 9.17) is 4.74 Å². The molecule has 0 bridgehead atoms. The Morgan fingerprint density at radius 3 is 2.12 bits per heavy atom. The molecule has 0 aromatic heterocycles. The molecule has 17 heavy (non-hydrogen) atoms. The topological polar surface area (TPSA) is 66.8 Å². The van der Waals surface area contributed by atoms with Gasteiger partial charge in [0.1, 0.15) is 5.41 Å². The minimum atomic E-state index is -1.14. The molecule has 96 valence electrons. The van der Waals surface area contributed by atoms with Crippen LogP contribution in [0.4, 0.5) is 0 Å². The Morgan fingerprint density at radius 1 is 1.24 bits per heavy atom. The summed E-state index contributed by atoms with van der Waals surface area (Å²) in [4.78, 5) is 25.3. The van der Waals surface area contributed by atoms with Crippen LogP contribution in [0.25, 0.3) is 0 Å². The van der Waals surface area contributed by atoms with Crippen molar-refractivity contribution in [3.05, 3.63) is 0 Å². The molecule has 1 aliphatic carbocycles. The van der Waals surface area contributed by atoms with E-state index in [1.807, 2.05) is 13.8 Å². The Bertz CT molecular complexity index is 327. The Kier molecular flexibility index (Phi) is 3.12. The second-order valence-electron chi connectivity index (χ2n) is 5.21. The van der Waals surface area contributed by atoms with Crippen molar-refractivity contribution in [2.75, 3.05) is 13.1 Å². The van der Waals surface area contributed by atoms with E-state index in [0.717, 1.165) is 6.42 Å². The number of ether oxygens (including phenoxy) is 1. The van der Waals surface area contributed by atoms with Gasteiger partial charge in [0.15, 0.2) is 0 Å². The van der Waals surface area contributed by atoms with E-state index in [2.05, 4.69) is 0 Å². The van der Waals surface area contributed by atoms with Gasteiger partial charge in [0.25, 0.3) is 0 Å². The lowest BCUT2D eigenvalue weighted by Gasteiger charge is -2.43. The number of aliphatic carboxylic acids is 1. The number of carbonyl (C=O) groups is 2. The van der Waals surface area contributed by atoms with Crippen LogP contribution in [0.15, 0.2) is 0 Å². The standard InChI is InChI=1S/C12H19NO4/c1-8-6-13(7-9(2)17-8)10(14)12(11(15)16)4-3-5-12/h8-9H,3-7H2,1-2H3,(H,15,16). The summed E-state index contributed by atoms with van der Waals surface area (Å²) in [6.45, 7) is 4.81. The first-order chi connectivity index (χ1) is 7.95. The molecular weight excluding hydrogens is 222 g/mol. The van der Waals surface area contributed by atoms with Gasteiger partial charge < -0.3 is 14.7 Å². The lowest BCUT2D eigenvalue weighted by molar-refractivity contribution is -0.173. The van der Waals surface area contributed by atoms with Gasteiger partial charge in [0, 0.05) is 13.1 Å². The van der Waals surface area contributed by atoms with Crippen molar-refractivity contribution < 1.29 is 19.4 Å². The molecule has 0 spiro atoms. The van der Waals surface area contributed by atoms with Crippen LogP contribution in [0, 0.1) is 5.41 Å². The molecule has 5 heteroatoms. The number of morpholine rings is 1. The maximum absolute atomic E-state index is 12.3. The Hall–Kier alpha value is -1.10. The monoisotopic (exact) mass is 241 g/mol. The van der Waals surface area contributed by atoms with Gasteiger partial charge in [-0.2, -0.15) is 0 Å². The normalized spacial score (nSPS) is 31.8. The molecular formula is C12H19NO4. The molecule has 0 radical (unpaired) electrons. The fourth-order valence-corrected chi connectivity index (χ4v) is 2.70. The molecule has 1 heterocycles. The maximum Gasteiger partial charge on any atom is 0.319 e. The summed E-state index contributed by atoms with van der Waals surface area (Å²) >= 11 is 0. The Balaban J connectivity index is 2.11. The summed E-state index contributed by atoms with van der Waals surface area (Å²) < 4.78 is 5.55. The van der Waals surface area contributed by atoms with Gasteiger partial charge >= 0.3 is 5.97 Å². The summed E-state index contributed by atoms with van der Waals surface area (Å²) in [5.41, 5.74) is -1.14. The van der Waals surface area contributed by atoms with Crippen LogP contribution in [-0.2, 0) is 14.3 Å². The third kappa shape index (κ3) is 2.04. The van der Waals surface area contributed by atoms with Gasteiger partial charge in [-0.05, 0) is 26.7 Å². The van der Waals surface area contributed by atoms with Gasteiger partial charge in [-0.25, -0.2) is 0 Å². The zero-order valence-corrected chi connectivity index (χ0v) is 10.3. The van der Waals surface area contributed by atoms with Crippen molar-refractivity contribution in [2.24, 2.45) is 5.41 Å². The second-order valence-corrected chi connectivity index (χ2v) is 5.21. The van der Waals surface area contributed by atoms with E-state index in [1.54, 1.807) is 4.90 Å². The van der Waals surface area contributed by atoms with Crippen LogP contribution < -0.4 is 0 Å². The van der Waals surface area contributed by atoms with E-state index in [0.29, 0.717) is 25.9 Å². The highest BCUT2D eigenvalue weighted by Gasteiger charge is 2.53. The molecule has 0 aromatic rings. The zero-order chi connectivity index (χ0) is 12.6. The number of hydrogen-bond donors (Lipinski definition) is 1. The van der Waals surface area contributed by atoms with Crippen LogP contribution in [0.5, 0.6) is 0 Å². The van der Waals surface area contributed by atoms with E-state index in [9.17, 15) is 14.7 Å². The largest absolute Gasteiger partial charge is 0.480 e. The Labute approximate surface area is 101 Å². The number of rotatable bonds is 2. The number of carboxylic acids is 1. The predicted molar refractivity (Wildman–Crippen MR) is 60.5 cm³/mol. The molecule has 1 amide bonds. The highest BCUT2D eigenvalue weighted by Crippen LogP contribution is 2.43. The lowest BCUT2D eigenvalue weighted by atomic mass is 9.67. The van der Waals surface area contributed by atoms with Crippen LogP contribution in [0.3, 0.4) is 0 Å². The average molecular weight is 241 g/mol. The zero-order valence-electron chi connectivity index (χ0n) is 10.3. The first-order valence-electron chi connectivity index (χ1n) is 6.14. The maximum atomic E-state index is 12.3. The van der Waals surface area contributed by atoms with Gasteiger partial charge in [-0.3, -0.25) is 9.59 Å². The molecule has 2 atom stereocenters. The molecule has 1 aliphatic heterocycles. The van der Waals surface area contributed by atoms with Gasteiger partial charge in [-0.1, -0.05) is 6.42 Å². The SMILES string of the molecule is CC1CN(C(=O)C2(C(=O)O)CCC2)CC(C)O1. The lowest BCUT2D eigenvalue weighted by Crippen LogP contribution is -2.57. The summed E-state index contributed by atoms with van der Waals surface area (Å²) in [6.07, 6.45) is 1.73. The van der Waals surface area contributed by atoms with Crippen LogP contribution >= 0.6 is 0 Å². The van der Waals surface area contributed by atoms with Crippen molar-refractivity contribution in [3.8, 4) is 0 Å². The van der Waals surface area contributed by atoms with Gasteiger partial charge in [0.2, 0.25) is 5.91 Å². The average Bonchev–Trinajstić information content (AvgIpc) is 2.13. The Morgan fingerprint density at radius 2 is 1.76 bits per heavy atom. The van der Waals surface area contributed by atoms with Gasteiger partial charge in [-0.15, -0.1) is 0 Å². The van der Waals surface area contributed by atoms with Crippen molar-refractivity contribution >= 4 is 11.9 Å². The van der Waals surface area contributed by atoms with Crippen LogP contribution in [0.2, 0.25) is 0 Å². The molecule has 2 unspecified atom stereocenters. The number of hydrogen-bond acceptors (Lipinski definition) is 3. The number of carboxylic acid groups (broad SMARTS) is 1. The fourth-order valence-electron chi connectivity index (χ4n) is 2.70.